The van der Waals surface area contributed by atoms with Gasteiger partial charge in [-0.15, -0.1) is 0 Å². The molecule has 0 radical (unpaired) electrons. The molecule has 2 rings (SSSR count). The van der Waals surface area contributed by atoms with Crippen LogP contribution >= 0.6 is 0 Å². The van der Waals surface area contributed by atoms with Gasteiger partial charge in [-0.1, -0.05) is 0 Å². The first-order chi connectivity index (χ1) is 7.81. The average Bonchev–Trinajstić information content (AvgIpc) is 2.81. The van der Waals surface area contributed by atoms with Crippen LogP contribution < -0.4 is 0 Å². The molecule has 1 aromatic heterocycles. The van der Waals surface area contributed by atoms with E-state index >= 15 is 0 Å². The zero-order valence-electron chi connectivity index (χ0n) is 9.25. The van der Waals surface area contributed by atoms with Crippen LogP contribution in [0.3, 0.4) is 0 Å². The van der Waals surface area contributed by atoms with Gasteiger partial charge in [0.1, 0.15) is 6.54 Å². The van der Waals surface area contributed by atoms with Gasteiger partial charge in [0.2, 0.25) is 5.91 Å². The molecule has 5 heteroatoms. The monoisotopic (exact) mass is 223 g/mol. The molecular weight excluding hydrogens is 206 g/mol. The smallest absolute Gasteiger partial charge is 0.244 e. The van der Waals surface area contributed by atoms with E-state index in [1.54, 1.807) is 28.0 Å². The molecule has 1 aliphatic rings. The number of hydrogen-bond acceptors (Lipinski definition) is 3. The maximum absolute atomic E-state index is 12.0. The van der Waals surface area contributed by atoms with Gasteiger partial charge >= 0.3 is 0 Å². The van der Waals surface area contributed by atoms with Crippen LogP contribution in [0.1, 0.15) is 19.3 Å². The Morgan fingerprint density at radius 3 is 3.06 bits per heavy atom. The normalized spacial score (nSPS) is 21.1. The summed E-state index contributed by atoms with van der Waals surface area (Å²) < 4.78 is 1.62. The number of carbonyl (C=O) groups is 1. The minimum Gasteiger partial charge on any atom is -0.394 e. The van der Waals surface area contributed by atoms with Gasteiger partial charge < -0.3 is 10.0 Å². The van der Waals surface area contributed by atoms with Crippen LogP contribution in [0.15, 0.2) is 18.5 Å². The molecule has 5 nitrogen and oxygen atoms in total. The molecule has 1 N–H and O–H groups in total. The number of aliphatic hydroxyl groups is 1. The average molecular weight is 223 g/mol. The molecule has 0 aromatic carbocycles. The number of hydrogen-bond donors (Lipinski definition) is 1. The fourth-order valence-corrected chi connectivity index (χ4v) is 2.14. The van der Waals surface area contributed by atoms with Crippen LogP contribution in [0, 0.1) is 0 Å². The standard InChI is InChI=1S/C11H17N3O2/c15-9-10-4-1-2-7-14(10)11(16)8-13-6-3-5-12-13/h3,5-6,10,15H,1-2,4,7-9H2. The fourth-order valence-electron chi connectivity index (χ4n) is 2.14. The van der Waals surface area contributed by atoms with Gasteiger partial charge in [-0.25, -0.2) is 0 Å². The largest absolute Gasteiger partial charge is 0.394 e. The lowest BCUT2D eigenvalue weighted by molar-refractivity contribution is -0.136. The molecule has 1 unspecified atom stereocenters. The van der Waals surface area contributed by atoms with Crippen LogP contribution in [0.2, 0.25) is 0 Å². The van der Waals surface area contributed by atoms with Crippen molar-refractivity contribution in [2.45, 2.75) is 31.8 Å². The lowest BCUT2D eigenvalue weighted by Crippen LogP contribution is -2.46. The van der Waals surface area contributed by atoms with Crippen LogP contribution in [-0.2, 0) is 11.3 Å². The van der Waals surface area contributed by atoms with Gasteiger partial charge in [0.05, 0.1) is 12.6 Å². The van der Waals surface area contributed by atoms with E-state index in [0.29, 0.717) is 0 Å². The van der Waals surface area contributed by atoms with Crippen molar-refractivity contribution in [3.8, 4) is 0 Å². The van der Waals surface area contributed by atoms with Crippen LogP contribution in [-0.4, -0.2) is 44.9 Å². The molecule has 0 spiro atoms. The van der Waals surface area contributed by atoms with Gasteiger partial charge in [-0.2, -0.15) is 5.10 Å². The second-order valence-electron chi connectivity index (χ2n) is 4.12. The molecule has 0 aliphatic carbocycles. The van der Waals surface area contributed by atoms with Gasteiger partial charge in [0.25, 0.3) is 0 Å². The summed E-state index contributed by atoms with van der Waals surface area (Å²) in [5.41, 5.74) is 0. The minimum atomic E-state index is -0.00295. The highest BCUT2D eigenvalue weighted by molar-refractivity contribution is 5.76. The second kappa shape index (κ2) is 5.12. The Morgan fingerprint density at radius 1 is 1.50 bits per heavy atom. The van der Waals surface area contributed by atoms with Crippen molar-refractivity contribution in [3.63, 3.8) is 0 Å². The zero-order valence-corrected chi connectivity index (χ0v) is 9.25. The minimum absolute atomic E-state index is 0.00295. The summed E-state index contributed by atoms with van der Waals surface area (Å²) in [6, 6.07) is 1.80. The lowest BCUT2D eigenvalue weighted by atomic mass is 10.0. The molecule has 1 aliphatic heterocycles. The number of aliphatic hydroxyl groups excluding tert-OH is 1. The third-order valence-corrected chi connectivity index (χ3v) is 3.01. The highest BCUT2D eigenvalue weighted by Crippen LogP contribution is 2.16. The van der Waals surface area contributed by atoms with Crippen LogP contribution in [0.4, 0.5) is 0 Å². The summed E-state index contributed by atoms with van der Waals surface area (Å²) in [5, 5.41) is 13.2. The Labute approximate surface area is 94.7 Å². The summed E-state index contributed by atoms with van der Waals surface area (Å²) in [6.07, 6.45) is 6.46. The quantitative estimate of drug-likeness (QED) is 0.799. The predicted octanol–water partition coefficient (Wildman–Crippen LogP) is 0.257. The molecule has 0 saturated carbocycles. The zero-order chi connectivity index (χ0) is 11.4. The molecular formula is C11H17N3O2. The van der Waals surface area contributed by atoms with Crippen molar-refractivity contribution >= 4 is 5.91 Å². The Kier molecular flexibility index (Phi) is 3.56. The van der Waals surface area contributed by atoms with Crippen molar-refractivity contribution in [1.82, 2.24) is 14.7 Å². The SMILES string of the molecule is O=C(Cn1cccn1)N1CCCCC1CO. The molecule has 1 saturated heterocycles. The van der Waals surface area contributed by atoms with E-state index in [0.717, 1.165) is 25.8 Å². The Balaban J connectivity index is 1.97. The van der Waals surface area contributed by atoms with E-state index in [9.17, 15) is 9.90 Å². The molecule has 88 valence electrons. The van der Waals surface area contributed by atoms with Crippen molar-refractivity contribution in [2.75, 3.05) is 13.2 Å². The van der Waals surface area contributed by atoms with Crippen molar-refractivity contribution < 1.29 is 9.90 Å². The molecule has 1 aromatic rings. The Hall–Kier alpha value is -1.36. The van der Waals surface area contributed by atoms with E-state index in [-0.39, 0.29) is 25.1 Å². The Bertz CT molecular complexity index is 337. The number of nitrogens with zero attached hydrogens (tertiary/aromatic N) is 3. The summed E-state index contributed by atoms with van der Waals surface area (Å²) in [7, 11) is 0. The molecule has 1 fully saturated rings. The highest BCUT2D eigenvalue weighted by Gasteiger charge is 2.25. The van der Waals surface area contributed by atoms with E-state index in [4.69, 9.17) is 0 Å². The van der Waals surface area contributed by atoms with Gasteiger partial charge in [-0.3, -0.25) is 9.48 Å². The van der Waals surface area contributed by atoms with Crippen molar-refractivity contribution in [3.05, 3.63) is 18.5 Å². The van der Waals surface area contributed by atoms with Gasteiger partial charge in [-0.05, 0) is 25.3 Å². The lowest BCUT2D eigenvalue weighted by Gasteiger charge is -2.34. The number of rotatable bonds is 3. The van der Waals surface area contributed by atoms with Crippen LogP contribution in [0.5, 0.6) is 0 Å². The molecule has 1 atom stereocenters. The topological polar surface area (TPSA) is 58.4 Å². The van der Waals surface area contributed by atoms with Crippen molar-refractivity contribution in [1.29, 1.82) is 0 Å². The van der Waals surface area contributed by atoms with E-state index in [1.165, 1.54) is 0 Å². The Morgan fingerprint density at radius 2 is 2.38 bits per heavy atom. The third-order valence-electron chi connectivity index (χ3n) is 3.01. The first-order valence-corrected chi connectivity index (χ1v) is 5.69. The van der Waals surface area contributed by atoms with Gasteiger partial charge in [0.15, 0.2) is 0 Å². The summed E-state index contributed by atoms with van der Waals surface area (Å²) >= 11 is 0. The number of carbonyl (C=O) groups excluding carboxylic acids is 1. The maximum atomic E-state index is 12.0. The third kappa shape index (κ3) is 2.41. The number of piperidine rings is 1. The first-order valence-electron chi connectivity index (χ1n) is 5.69. The summed E-state index contributed by atoms with van der Waals surface area (Å²) in [5.74, 6) is 0.0439. The van der Waals surface area contributed by atoms with E-state index in [2.05, 4.69) is 5.10 Å². The molecule has 2 heterocycles. The summed E-state index contributed by atoms with van der Waals surface area (Å²) in [4.78, 5) is 13.8. The van der Waals surface area contributed by atoms with Crippen LogP contribution in [0.25, 0.3) is 0 Å². The van der Waals surface area contributed by atoms with E-state index < -0.39 is 0 Å². The number of likely N-dealkylation sites (tertiary alicyclic amines) is 1. The maximum Gasteiger partial charge on any atom is 0.244 e. The number of amides is 1. The number of aromatic nitrogens is 2. The van der Waals surface area contributed by atoms with Crippen molar-refractivity contribution in [2.24, 2.45) is 0 Å². The molecule has 0 bridgehead atoms. The second-order valence-corrected chi connectivity index (χ2v) is 4.12. The molecule has 1 amide bonds. The highest BCUT2D eigenvalue weighted by atomic mass is 16.3. The summed E-state index contributed by atoms with van der Waals surface area (Å²) in [6.45, 7) is 1.08. The van der Waals surface area contributed by atoms with Gasteiger partial charge in [0, 0.05) is 18.9 Å². The first kappa shape index (κ1) is 11.1. The fraction of sp³-hybridized carbons (Fsp3) is 0.636. The predicted molar refractivity (Wildman–Crippen MR) is 58.7 cm³/mol. The molecule has 16 heavy (non-hydrogen) atoms. The van der Waals surface area contributed by atoms with E-state index in [1.807, 2.05) is 0 Å².